The minimum atomic E-state index is 0.215. The van der Waals surface area contributed by atoms with E-state index in [0.717, 1.165) is 35.3 Å². The highest BCUT2D eigenvalue weighted by molar-refractivity contribution is 5.78. The molecule has 3 rings (SSSR count). The number of amides is 1. The molecule has 0 atom stereocenters. The highest BCUT2D eigenvalue weighted by atomic mass is 16.2. The van der Waals surface area contributed by atoms with Gasteiger partial charge >= 0.3 is 0 Å². The Morgan fingerprint density at radius 3 is 3.22 bits per heavy atom. The minimum Gasteiger partial charge on any atom is -0.338 e. The Morgan fingerprint density at radius 2 is 2.39 bits per heavy atom. The Bertz CT molecular complexity index is 609. The van der Waals surface area contributed by atoms with Crippen LogP contribution in [0.4, 0.5) is 0 Å². The molecule has 3 heterocycles. The number of aromatic nitrogens is 2. The van der Waals surface area contributed by atoms with E-state index in [1.54, 1.807) is 6.20 Å². The molecule has 0 fully saturated rings. The van der Waals surface area contributed by atoms with Crippen LogP contribution < -0.4 is 0 Å². The van der Waals surface area contributed by atoms with Gasteiger partial charge < -0.3 is 4.90 Å². The topological polar surface area (TPSA) is 46.1 Å². The summed E-state index contributed by atoms with van der Waals surface area (Å²) < 4.78 is 0. The number of fused-ring (bicyclic) bond motifs is 2. The molecule has 2 aromatic heterocycles. The number of rotatable bonds is 1. The molecular weight excluding hydrogens is 226 g/mol. The average molecular weight is 241 g/mol. The van der Waals surface area contributed by atoms with Crippen molar-refractivity contribution in [3.8, 4) is 0 Å². The highest BCUT2D eigenvalue weighted by Gasteiger charge is 2.20. The quantitative estimate of drug-likeness (QED) is 0.766. The van der Waals surface area contributed by atoms with Crippen molar-refractivity contribution in [1.29, 1.82) is 0 Å². The Balaban J connectivity index is 2.00. The molecule has 1 amide bonds. The molecule has 0 bridgehead atoms. The van der Waals surface area contributed by atoms with Crippen LogP contribution in [0.5, 0.6) is 0 Å². The smallest absolute Gasteiger partial charge is 0.222 e. The molecule has 0 N–H and O–H groups in total. The molecule has 0 aliphatic carbocycles. The maximum atomic E-state index is 11.7. The van der Waals surface area contributed by atoms with Gasteiger partial charge in [0.1, 0.15) is 0 Å². The van der Waals surface area contributed by atoms with E-state index in [1.165, 1.54) is 0 Å². The molecule has 1 aliphatic rings. The van der Waals surface area contributed by atoms with Gasteiger partial charge in [0.25, 0.3) is 0 Å². The van der Waals surface area contributed by atoms with Crippen LogP contribution in [0.25, 0.3) is 11.0 Å². The molecule has 4 nitrogen and oxygen atoms in total. The summed E-state index contributed by atoms with van der Waals surface area (Å²) in [6, 6.07) is 6.03. The fourth-order valence-corrected chi connectivity index (χ4v) is 2.40. The van der Waals surface area contributed by atoms with E-state index in [4.69, 9.17) is 0 Å². The van der Waals surface area contributed by atoms with Gasteiger partial charge in [-0.25, -0.2) is 9.97 Å². The maximum Gasteiger partial charge on any atom is 0.222 e. The summed E-state index contributed by atoms with van der Waals surface area (Å²) in [6.07, 6.45) is 3.16. The summed E-state index contributed by atoms with van der Waals surface area (Å²) in [5.74, 6) is 0.215. The second-order valence-electron chi connectivity index (χ2n) is 4.56. The van der Waals surface area contributed by atoms with Gasteiger partial charge in [0.05, 0.1) is 0 Å². The summed E-state index contributed by atoms with van der Waals surface area (Å²) in [6.45, 7) is 3.35. The molecule has 0 saturated carbocycles. The van der Waals surface area contributed by atoms with Gasteiger partial charge in [0.2, 0.25) is 5.91 Å². The molecule has 4 heteroatoms. The fourth-order valence-electron chi connectivity index (χ4n) is 2.40. The van der Waals surface area contributed by atoms with Crippen LogP contribution in [0.15, 0.2) is 24.4 Å². The van der Waals surface area contributed by atoms with Crippen molar-refractivity contribution in [3.05, 3.63) is 35.7 Å². The maximum absolute atomic E-state index is 11.7. The Morgan fingerprint density at radius 1 is 1.50 bits per heavy atom. The van der Waals surface area contributed by atoms with Gasteiger partial charge in [0.15, 0.2) is 5.65 Å². The SMILES string of the molecule is CCC(=O)N1CCc2nc3ncccc3cc2C1. The van der Waals surface area contributed by atoms with Gasteiger partial charge in [-0.1, -0.05) is 6.92 Å². The zero-order chi connectivity index (χ0) is 12.5. The van der Waals surface area contributed by atoms with E-state index in [-0.39, 0.29) is 5.91 Å². The molecule has 2 aromatic rings. The van der Waals surface area contributed by atoms with E-state index in [9.17, 15) is 4.79 Å². The van der Waals surface area contributed by atoms with Crippen LogP contribution in [0.3, 0.4) is 0 Å². The fraction of sp³-hybridized carbons (Fsp3) is 0.357. The van der Waals surface area contributed by atoms with Crippen LogP contribution in [-0.2, 0) is 17.8 Å². The Hall–Kier alpha value is -1.97. The number of pyridine rings is 2. The van der Waals surface area contributed by atoms with E-state index >= 15 is 0 Å². The van der Waals surface area contributed by atoms with Crippen LogP contribution in [-0.4, -0.2) is 27.3 Å². The van der Waals surface area contributed by atoms with Crippen molar-refractivity contribution >= 4 is 16.9 Å². The molecule has 0 unspecified atom stereocenters. The van der Waals surface area contributed by atoms with Gasteiger partial charge in [-0.05, 0) is 23.8 Å². The van der Waals surface area contributed by atoms with E-state index in [2.05, 4.69) is 16.0 Å². The lowest BCUT2D eigenvalue weighted by Crippen LogP contribution is -2.35. The lowest BCUT2D eigenvalue weighted by Gasteiger charge is -2.28. The molecule has 92 valence electrons. The second-order valence-corrected chi connectivity index (χ2v) is 4.56. The first kappa shape index (κ1) is 11.1. The molecular formula is C14H15N3O. The number of carbonyl (C=O) groups is 1. The first-order valence-corrected chi connectivity index (χ1v) is 6.29. The van der Waals surface area contributed by atoms with E-state index in [1.807, 2.05) is 24.0 Å². The highest BCUT2D eigenvalue weighted by Crippen LogP contribution is 2.21. The van der Waals surface area contributed by atoms with E-state index in [0.29, 0.717) is 13.0 Å². The summed E-state index contributed by atoms with van der Waals surface area (Å²) in [5, 5.41) is 1.04. The van der Waals surface area contributed by atoms with Crippen LogP contribution in [0.1, 0.15) is 24.6 Å². The lowest BCUT2D eigenvalue weighted by atomic mass is 10.0. The van der Waals surface area contributed by atoms with Gasteiger partial charge in [0, 0.05) is 43.2 Å². The summed E-state index contributed by atoms with van der Waals surface area (Å²) in [5.41, 5.74) is 3.04. The van der Waals surface area contributed by atoms with Crippen molar-refractivity contribution in [2.24, 2.45) is 0 Å². The molecule has 0 spiro atoms. The van der Waals surface area contributed by atoms with Crippen molar-refractivity contribution in [2.75, 3.05) is 6.54 Å². The van der Waals surface area contributed by atoms with E-state index < -0.39 is 0 Å². The van der Waals surface area contributed by atoms with Gasteiger partial charge in [-0.2, -0.15) is 0 Å². The number of carbonyl (C=O) groups excluding carboxylic acids is 1. The van der Waals surface area contributed by atoms with Gasteiger partial charge in [-0.15, -0.1) is 0 Å². The van der Waals surface area contributed by atoms with Crippen molar-refractivity contribution in [1.82, 2.24) is 14.9 Å². The van der Waals surface area contributed by atoms with Crippen molar-refractivity contribution < 1.29 is 4.79 Å². The second kappa shape index (κ2) is 4.37. The third kappa shape index (κ3) is 1.83. The van der Waals surface area contributed by atoms with Crippen LogP contribution in [0.2, 0.25) is 0 Å². The molecule has 1 aliphatic heterocycles. The van der Waals surface area contributed by atoms with Crippen LogP contribution in [0, 0.1) is 0 Å². The third-order valence-corrected chi connectivity index (χ3v) is 3.39. The summed E-state index contributed by atoms with van der Waals surface area (Å²) in [7, 11) is 0. The standard InChI is InChI=1S/C14H15N3O/c1-2-13(18)17-7-5-12-11(9-17)8-10-4-3-6-15-14(10)16-12/h3-4,6,8H,2,5,7,9H2,1H3. The number of hydrogen-bond donors (Lipinski definition) is 0. The van der Waals surface area contributed by atoms with Crippen molar-refractivity contribution in [3.63, 3.8) is 0 Å². The largest absolute Gasteiger partial charge is 0.338 e. The number of hydrogen-bond acceptors (Lipinski definition) is 3. The van der Waals surface area contributed by atoms with Gasteiger partial charge in [-0.3, -0.25) is 4.79 Å². The molecule has 0 saturated heterocycles. The average Bonchev–Trinajstić information content (AvgIpc) is 2.43. The predicted molar refractivity (Wildman–Crippen MR) is 69.0 cm³/mol. The lowest BCUT2D eigenvalue weighted by molar-refractivity contribution is -0.131. The summed E-state index contributed by atoms with van der Waals surface area (Å²) >= 11 is 0. The zero-order valence-corrected chi connectivity index (χ0v) is 10.4. The zero-order valence-electron chi connectivity index (χ0n) is 10.4. The first-order valence-electron chi connectivity index (χ1n) is 6.29. The monoisotopic (exact) mass is 241 g/mol. The normalized spacial score (nSPS) is 14.6. The first-order chi connectivity index (χ1) is 8.78. The Kier molecular flexibility index (Phi) is 2.70. The number of nitrogens with zero attached hydrogens (tertiary/aromatic N) is 3. The van der Waals surface area contributed by atoms with Crippen molar-refractivity contribution in [2.45, 2.75) is 26.3 Å². The molecule has 18 heavy (non-hydrogen) atoms. The predicted octanol–water partition coefficient (Wildman–Crippen LogP) is 1.92. The molecule has 0 radical (unpaired) electrons. The minimum absolute atomic E-state index is 0.215. The van der Waals surface area contributed by atoms with Crippen LogP contribution >= 0.6 is 0 Å². The summed E-state index contributed by atoms with van der Waals surface area (Å²) in [4.78, 5) is 22.5. The molecule has 0 aromatic carbocycles. The Labute approximate surface area is 106 Å². The third-order valence-electron chi connectivity index (χ3n) is 3.39.